The van der Waals surface area contributed by atoms with Gasteiger partial charge in [-0.05, 0) is 6.07 Å². The first kappa shape index (κ1) is 13.9. The monoisotopic (exact) mass is 289 g/mol. The Bertz CT molecular complexity index is 873. The van der Waals surface area contributed by atoms with Crippen LogP contribution < -0.4 is 4.74 Å². The van der Waals surface area contributed by atoms with E-state index in [1.54, 1.807) is 17.7 Å². The van der Waals surface area contributed by atoms with Crippen LogP contribution in [0.5, 0.6) is 5.75 Å². The molecule has 0 spiro atoms. The molecule has 0 aliphatic carbocycles. The first-order valence-corrected chi connectivity index (χ1v) is 6.93. The summed E-state index contributed by atoms with van der Waals surface area (Å²) in [4.78, 5) is 0. The zero-order valence-electron chi connectivity index (χ0n) is 12.3. The number of aromatic nitrogens is 2. The van der Waals surface area contributed by atoms with Crippen molar-refractivity contribution in [3.05, 3.63) is 60.3 Å². The number of ether oxygens (including phenoxy) is 1. The van der Waals surface area contributed by atoms with Crippen molar-refractivity contribution in [2.75, 3.05) is 7.11 Å². The molecule has 0 bridgehead atoms. The molecule has 0 atom stereocenters. The van der Waals surface area contributed by atoms with Gasteiger partial charge in [-0.2, -0.15) is 10.4 Å². The van der Waals surface area contributed by atoms with E-state index in [9.17, 15) is 5.26 Å². The van der Waals surface area contributed by atoms with Gasteiger partial charge in [0.15, 0.2) is 0 Å². The SMILES string of the molecule is C=Cc1c(OC)ccn2nc(-c3ccccc3)c(CC#N)c12. The minimum atomic E-state index is 0.279. The second-order valence-corrected chi connectivity index (χ2v) is 4.82. The molecule has 0 saturated carbocycles. The molecule has 3 aromatic rings. The first-order valence-electron chi connectivity index (χ1n) is 6.93. The normalized spacial score (nSPS) is 10.4. The number of nitriles is 1. The maximum atomic E-state index is 9.21. The molecule has 2 aromatic heterocycles. The van der Waals surface area contributed by atoms with Gasteiger partial charge >= 0.3 is 0 Å². The summed E-state index contributed by atoms with van der Waals surface area (Å²) >= 11 is 0. The van der Waals surface area contributed by atoms with Crippen LogP contribution in [-0.4, -0.2) is 16.7 Å². The fraction of sp³-hybridized carbons (Fsp3) is 0.111. The number of fused-ring (bicyclic) bond motifs is 1. The average Bonchev–Trinajstić information content (AvgIpc) is 2.94. The Morgan fingerprint density at radius 2 is 2.09 bits per heavy atom. The number of hydrogen-bond acceptors (Lipinski definition) is 3. The van der Waals surface area contributed by atoms with Crippen LogP contribution in [0.25, 0.3) is 22.9 Å². The molecule has 108 valence electrons. The van der Waals surface area contributed by atoms with Crippen molar-refractivity contribution < 1.29 is 4.74 Å². The average molecular weight is 289 g/mol. The van der Waals surface area contributed by atoms with E-state index in [4.69, 9.17) is 4.74 Å². The third-order valence-electron chi connectivity index (χ3n) is 3.62. The molecule has 0 unspecified atom stereocenters. The maximum Gasteiger partial charge on any atom is 0.129 e. The third-order valence-corrected chi connectivity index (χ3v) is 3.62. The van der Waals surface area contributed by atoms with E-state index in [0.29, 0.717) is 0 Å². The van der Waals surface area contributed by atoms with Gasteiger partial charge in [-0.3, -0.25) is 0 Å². The van der Waals surface area contributed by atoms with E-state index >= 15 is 0 Å². The van der Waals surface area contributed by atoms with Gasteiger partial charge in [0.25, 0.3) is 0 Å². The highest BCUT2D eigenvalue weighted by Crippen LogP contribution is 2.32. The standard InChI is InChI=1S/C18H15N3O/c1-3-14-16(22-2)10-12-21-18(14)15(9-11-19)17(20-21)13-7-5-4-6-8-13/h3-8,10,12H,1,9H2,2H3. The van der Waals surface area contributed by atoms with Crippen LogP contribution in [0.2, 0.25) is 0 Å². The van der Waals surface area contributed by atoms with Crippen molar-refractivity contribution in [1.29, 1.82) is 5.26 Å². The van der Waals surface area contributed by atoms with Gasteiger partial charge in [0.2, 0.25) is 0 Å². The van der Waals surface area contributed by atoms with Crippen molar-refractivity contribution >= 4 is 11.6 Å². The third kappa shape index (κ3) is 2.13. The molecule has 0 aliphatic heterocycles. The number of hydrogen-bond donors (Lipinski definition) is 0. The summed E-state index contributed by atoms with van der Waals surface area (Å²) in [6.45, 7) is 3.87. The topological polar surface area (TPSA) is 50.3 Å². The molecule has 22 heavy (non-hydrogen) atoms. The van der Waals surface area contributed by atoms with Crippen molar-refractivity contribution in [3.63, 3.8) is 0 Å². The fourth-order valence-electron chi connectivity index (χ4n) is 2.66. The lowest BCUT2D eigenvalue weighted by Crippen LogP contribution is -1.94. The fourth-order valence-corrected chi connectivity index (χ4v) is 2.66. The Labute approximate surface area is 128 Å². The van der Waals surface area contributed by atoms with E-state index < -0.39 is 0 Å². The molecule has 0 radical (unpaired) electrons. The van der Waals surface area contributed by atoms with Crippen molar-refractivity contribution in [1.82, 2.24) is 9.61 Å². The smallest absolute Gasteiger partial charge is 0.129 e. The van der Waals surface area contributed by atoms with Crippen molar-refractivity contribution in [2.45, 2.75) is 6.42 Å². The highest BCUT2D eigenvalue weighted by Gasteiger charge is 2.18. The molecule has 4 heteroatoms. The van der Waals surface area contributed by atoms with Crippen LogP contribution in [0.3, 0.4) is 0 Å². The predicted molar refractivity (Wildman–Crippen MR) is 86.6 cm³/mol. The van der Waals surface area contributed by atoms with Gasteiger partial charge < -0.3 is 4.74 Å². The van der Waals surface area contributed by atoms with Crippen LogP contribution >= 0.6 is 0 Å². The van der Waals surface area contributed by atoms with Gasteiger partial charge in [0.05, 0.1) is 30.8 Å². The molecule has 0 aliphatic rings. The van der Waals surface area contributed by atoms with Crippen molar-refractivity contribution in [2.24, 2.45) is 0 Å². The van der Waals surface area contributed by atoms with E-state index in [1.165, 1.54) is 0 Å². The molecule has 2 heterocycles. The zero-order chi connectivity index (χ0) is 15.5. The highest BCUT2D eigenvalue weighted by atomic mass is 16.5. The minimum absolute atomic E-state index is 0.279. The van der Waals surface area contributed by atoms with Crippen LogP contribution in [0.4, 0.5) is 0 Å². The van der Waals surface area contributed by atoms with Gasteiger partial charge in [0, 0.05) is 22.9 Å². The summed E-state index contributed by atoms with van der Waals surface area (Å²) in [6, 6.07) is 14.0. The van der Waals surface area contributed by atoms with E-state index in [1.807, 2.05) is 42.6 Å². The Balaban J connectivity index is 2.38. The van der Waals surface area contributed by atoms with Crippen LogP contribution in [0, 0.1) is 11.3 Å². The molecule has 0 amide bonds. The van der Waals surface area contributed by atoms with E-state index in [0.717, 1.165) is 33.7 Å². The largest absolute Gasteiger partial charge is 0.496 e. The molecule has 1 aromatic carbocycles. The second-order valence-electron chi connectivity index (χ2n) is 4.82. The maximum absolute atomic E-state index is 9.21. The quantitative estimate of drug-likeness (QED) is 0.735. The summed E-state index contributed by atoms with van der Waals surface area (Å²) in [7, 11) is 1.62. The number of nitrogens with zero attached hydrogens (tertiary/aromatic N) is 3. The highest BCUT2D eigenvalue weighted by molar-refractivity contribution is 5.82. The van der Waals surface area contributed by atoms with Gasteiger partial charge in [-0.25, -0.2) is 4.52 Å². The van der Waals surface area contributed by atoms with Crippen LogP contribution in [-0.2, 0) is 6.42 Å². The van der Waals surface area contributed by atoms with E-state index in [2.05, 4.69) is 17.7 Å². The molecular weight excluding hydrogens is 274 g/mol. The number of methoxy groups -OCH3 is 1. The zero-order valence-corrected chi connectivity index (χ0v) is 12.3. The number of pyridine rings is 1. The van der Waals surface area contributed by atoms with Crippen LogP contribution in [0.15, 0.2) is 49.2 Å². The summed E-state index contributed by atoms with van der Waals surface area (Å²) in [5.74, 6) is 0.723. The van der Waals surface area contributed by atoms with Crippen LogP contribution in [0.1, 0.15) is 11.1 Å². The Morgan fingerprint density at radius 1 is 1.32 bits per heavy atom. The number of benzene rings is 1. The van der Waals surface area contributed by atoms with Gasteiger partial charge in [-0.1, -0.05) is 43.0 Å². The Morgan fingerprint density at radius 3 is 2.73 bits per heavy atom. The lowest BCUT2D eigenvalue weighted by atomic mass is 10.0. The predicted octanol–water partition coefficient (Wildman–Crippen LogP) is 3.72. The molecule has 0 saturated heterocycles. The second kappa shape index (κ2) is 5.74. The molecule has 0 fully saturated rings. The summed E-state index contributed by atoms with van der Waals surface area (Å²) in [6.07, 6.45) is 3.86. The molecular formula is C18H15N3O. The van der Waals surface area contributed by atoms with Crippen molar-refractivity contribution in [3.8, 4) is 23.1 Å². The Kier molecular flexibility index (Phi) is 3.63. The molecule has 4 nitrogen and oxygen atoms in total. The minimum Gasteiger partial charge on any atom is -0.496 e. The lowest BCUT2D eigenvalue weighted by molar-refractivity contribution is 0.413. The first-order chi connectivity index (χ1) is 10.8. The lowest BCUT2D eigenvalue weighted by Gasteiger charge is -2.07. The summed E-state index contributed by atoms with van der Waals surface area (Å²) in [5.41, 5.74) is 4.42. The summed E-state index contributed by atoms with van der Waals surface area (Å²) < 4.78 is 7.18. The van der Waals surface area contributed by atoms with Gasteiger partial charge in [0.1, 0.15) is 5.75 Å². The molecule has 0 N–H and O–H groups in total. The van der Waals surface area contributed by atoms with Gasteiger partial charge in [-0.15, -0.1) is 0 Å². The Hall–Kier alpha value is -3.06. The molecule has 3 rings (SSSR count). The summed E-state index contributed by atoms with van der Waals surface area (Å²) in [5, 5.41) is 13.9. The number of rotatable bonds is 4. The van der Waals surface area contributed by atoms with E-state index in [-0.39, 0.29) is 6.42 Å².